The third-order valence-electron chi connectivity index (χ3n) is 5.06. The maximum absolute atomic E-state index is 11.1. The molecule has 0 aromatic heterocycles. The van der Waals surface area contributed by atoms with E-state index < -0.39 is 5.97 Å². The van der Waals surface area contributed by atoms with Gasteiger partial charge in [-0.05, 0) is 49.1 Å². The monoisotopic (exact) mass is 427 g/mol. The lowest BCUT2D eigenvalue weighted by atomic mass is 9.84. The Bertz CT molecular complexity index is 944. The number of carbonyl (C=O) groups is 1. The molecule has 31 heavy (non-hydrogen) atoms. The molecule has 0 radical (unpaired) electrons. The van der Waals surface area contributed by atoms with E-state index in [-0.39, 0.29) is 23.3 Å². The van der Waals surface area contributed by atoms with Crippen molar-refractivity contribution in [2.24, 2.45) is 5.10 Å². The summed E-state index contributed by atoms with van der Waals surface area (Å²) in [6.45, 7) is 12.9. The summed E-state index contributed by atoms with van der Waals surface area (Å²) in [6.07, 6.45) is 0. The van der Waals surface area contributed by atoms with Crippen molar-refractivity contribution in [3.05, 3.63) is 53.1 Å². The molecule has 2 aromatic carbocycles. The lowest BCUT2D eigenvalue weighted by molar-refractivity contribution is 0.0693. The van der Waals surface area contributed by atoms with Gasteiger partial charge in [0.25, 0.3) is 0 Å². The second-order valence-corrected chi connectivity index (χ2v) is 8.21. The van der Waals surface area contributed by atoms with Gasteiger partial charge in [-0.15, -0.1) is 0 Å². The topological polar surface area (TPSA) is 94.4 Å². The van der Waals surface area contributed by atoms with Gasteiger partial charge in [0, 0.05) is 37.5 Å². The number of aromatic carboxylic acids is 1. The Kier molecular flexibility index (Phi) is 7.91. The first kappa shape index (κ1) is 24.1. The summed E-state index contributed by atoms with van der Waals surface area (Å²) in [5, 5.41) is 23.3. The lowest BCUT2D eigenvalue weighted by Gasteiger charge is -2.30. The molecule has 3 N–H and O–H groups in total. The van der Waals surface area contributed by atoms with Crippen molar-refractivity contribution in [3.8, 4) is 11.5 Å². The Morgan fingerprint density at radius 3 is 2.32 bits per heavy atom. The smallest absolute Gasteiger partial charge is 0.339 e. The van der Waals surface area contributed by atoms with Crippen molar-refractivity contribution < 1.29 is 19.7 Å². The van der Waals surface area contributed by atoms with Gasteiger partial charge in [-0.25, -0.2) is 4.79 Å². The normalized spacial score (nSPS) is 11.9. The number of anilines is 1. The second-order valence-electron chi connectivity index (χ2n) is 8.21. The number of benzene rings is 2. The van der Waals surface area contributed by atoms with E-state index in [1.807, 2.05) is 6.07 Å². The molecule has 0 unspecified atom stereocenters. The molecular formula is C24H33N3O4. The molecule has 0 aliphatic rings. The summed E-state index contributed by atoms with van der Waals surface area (Å²) in [5.74, 6) is -1.16. The zero-order chi connectivity index (χ0) is 23.2. The molecule has 7 nitrogen and oxygen atoms in total. The van der Waals surface area contributed by atoms with Crippen molar-refractivity contribution in [1.29, 1.82) is 0 Å². The molecule has 0 amide bonds. The zero-order valence-electron chi connectivity index (χ0n) is 19.2. The number of nitrogens with zero attached hydrogens (tertiary/aromatic N) is 2. The van der Waals surface area contributed by atoms with Gasteiger partial charge in [0.1, 0.15) is 29.4 Å². The van der Waals surface area contributed by atoms with E-state index in [0.29, 0.717) is 11.5 Å². The molecule has 0 saturated heterocycles. The average molecular weight is 428 g/mol. The van der Waals surface area contributed by atoms with Crippen LogP contribution in [0, 0.1) is 0 Å². The summed E-state index contributed by atoms with van der Waals surface area (Å²) in [6, 6.07) is 10.4. The minimum Gasteiger partial charge on any atom is -0.507 e. The predicted molar refractivity (Wildman–Crippen MR) is 125 cm³/mol. The van der Waals surface area contributed by atoms with Gasteiger partial charge in [-0.1, -0.05) is 26.8 Å². The van der Waals surface area contributed by atoms with Crippen LogP contribution in [-0.2, 0) is 5.41 Å². The van der Waals surface area contributed by atoms with Crippen LogP contribution in [-0.4, -0.2) is 48.6 Å². The first-order valence-corrected chi connectivity index (χ1v) is 10.4. The average Bonchev–Trinajstić information content (AvgIpc) is 2.71. The van der Waals surface area contributed by atoms with Crippen LogP contribution in [0.3, 0.4) is 0 Å². The van der Waals surface area contributed by atoms with Crippen molar-refractivity contribution in [2.45, 2.75) is 40.0 Å². The molecule has 0 atom stereocenters. The fourth-order valence-electron chi connectivity index (χ4n) is 3.41. The molecule has 0 saturated carbocycles. The highest BCUT2D eigenvalue weighted by Crippen LogP contribution is 2.33. The fraction of sp³-hybridized carbons (Fsp3) is 0.417. The fourth-order valence-corrected chi connectivity index (χ4v) is 3.41. The number of hydrazone groups is 1. The largest absolute Gasteiger partial charge is 0.507 e. The number of phenols is 1. The minimum absolute atomic E-state index is 0.0575. The van der Waals surface area contributed by atoms with Gasteiger partial charge in [-0.3, -0.25) is 0 Å². The molecule has 0 bridgehead atoms. The second kappa shape index (κ2) is 10.2. The van der Waals surface area contributed by atoms with Gasteiger partial charge in [0.15, 0.2) is 0 Å². The number of hydrogen-bond acceptors (Lipinski definition) is 6. The van der Waals surface area contributed by atoms with E-state index in [4.69, 9.17) is 9.84 Å². The van der Waals surface area contributed by atoms with Crippen LogP contribution in [0.15, 0.2) is 41.5 Å². The first-order chi connectivity index (χ1) is 14.6. The quantitative estimate of drug-likeness (QED) is 0.409. The Morgan fingerprint density at radius 2 is 1.81 bits per heavy atom. The Morgan fingerprint density at radius 1 is 1.13 bits per heavy atom. The van der Waals surface area contributed by atoms with Crippen LogP contribution in [0.2, 0.25) is 0 Å². The van der Waals surface area contributed by atoms with E-state index in [0.717, 1.165) is 18.7 Å². The van der Waals surface area contributed by atoms with Crippen molar-refractivity contribution in [3.63, 3.8) is 0 Å². The molecule has 7 heteroatoms. The molecule has 2 rings (SSSR count). The minimum atomic E-state index is -1.19. The predicted octanol–water partition coefficient (Wildman–Crippen LogP) is 4.24. The summed E-state index contributed by atoms with van der Waals surface area (Å²) in [4.78, 5) is 13.4. The maximum atomic E-state index is 11.1. The Balaban J connectivity index is 2.36. The van der Waals surface area contributed by atoms with Gasteiger partial charge < -0.3 is 25.3 Å². The molecule has 168 valence electrons. The summed E-state index contributed by atoms with van der Waals surface area (Å²) >= 11 is 0. The molecular weight excluding hydrogens is 394 g/mol. The van der Waals surface area contributed by atoms with Gasteiger partial charge in [0.2, 0.25) is 0 Å². The van der Waals surface area contributed by atoms with Crippen LogP contribution in [0.1, 0.15) is 56.1 Å². The molecule has 0 heterocycles. The third-order valence-corrected chi connectivity index (χ3v) is 5.06. The standard InChI is InChI=1S/C24H33N3O4/c1-7-27(8-2)21-12-9-16(13-19(21)24(3,4)5)20(26-25-6)15-31-17-10-11-18(23(29)30)22(28)14-17/h9-14,25,28H,7-8,15H2,1-6H3,(H,29,30). The van der Waals surface area contributed by atoms with E-state index in [1.165, 1.54) is 29.4 Å². The first-order valence-electron chi connectivity index (χ1n) is 10.4. The van der Waals surface area contributed by atoms with Crippen LogP contribution in [0.25, 0.3) is 0 Å². The highest BCUT2D eigenvalue weighted by Gasteiger charge is 2.22. The molecule has 0 aliphatic heterocycles. The van der Waals surface area contributed by atoms with Crippen LogP contribution >= 0.6 is 0 Å². The summed E-state index contributed by atoms with van der Waals surface area (Å²) in [5.41, 5.74) is 6.66. The van der Waals surface area contributed by atoms with E-state index in [9.17, 15) is 9.90 Å². The highest BCUT2D eigenvalue weighted by molar-refractivity contribution is 6.02. The molecule has 0 fully saturated rings. The number of ether oxygens (including phenoxy) is 1. The maximum Gasteiger partial charge on any atom is 0.339 e. The Labute approximate surface area is 184 Å². The number of aromatic hydroxyl groups is 1. The molecule has 2 aromatic rings. The number of carboxylic acids is 1. The van der Waals surface area contributed by atoms with E-state index in [2.05, 4.69) is 62.2 Å². The summed E-state index contributed by atoms with van der Waals surface area (Å²) < 4.78 is 5.80. The molecule has 0 aliphatic carbocycles. The van der Waals surface area contributed by atoms with Crippen LogP contribution in [0.5, 0.6) is 11.5 Å². The zero-order valence-corrected chi connectivity index (χ0v) is 19.2. The SMILES string of the molecule is CCN(CC)c1ccc(C(COc2ccc(C(=O)O)c(O)c2)=NNC)cc1C(C)(C)C. The van der Waals surface area contributed by atoms with Gasteiger partial charge >= 0.3 is 5.97 Å². The van der Waals surface area contributed by atoms with Crippen LogP contribution < -0.4 is 15.1 Å². The van der Waals surface area contributed by atoms with Crippen molar-refractivity contribution in [2.75, 3.05) is 31.6 Å². The number of rotatable bonds is 9. The number of carboxylic acid groups (broad SMARTS) is 1. The van der Waals surface area contributed by atoms with Crippen molar-refractivity contribution >= 4 is 17.4 Å². The van der Waals surface area contributed by atoms with E-state index >= 15 is 0 Å². The highest BCUT2D eigenvalue weighted by atomic mass is 16.5. The van der Waals surface area contributed by atoms with Gasteiger partial charge in [-0.2, -0.15) is 5.10 Å². The summed E-state index contributed by atoms with van der Waals surface area (Å²) in [7, 11) is 1.72. The van der Waals surface area contributed by atoms with Gasteiger partial charge in [0.05, 0.1) is 0 Å². The number of hydrogen-bond donors (Lipinski definition) is 3. The van der Waals surface area contributed by atoms with Crippen molar-refractivity contribution in [1.82, 2.24) is 5.43 Å². The number of nitrogens with one attached hydrogen (secondary N) is 1. The molecule has 0 spiro atoms. The Hall–Kier alpha value is -3.22. The third kappa shape index (κ3) is 5.90. The lowest BCUT2D eigenvalue weighted by Crippen LogP contribution is -2.27. The van der Waals surface area contributed by atoms with E-state index in [1.54, 1.807) is 7.05 Å². The van der Waals surface area contributed by atoms with Crippen LogP contribution in [0.4, 0.5) is 5.69 Å².